The summed E-state index contributed by atoms with van der Waals surface area (Å²) >= 11 is 0.873. The number of amides is 2. The van der Waals surface area contributed by atoms with Crippen LogP contribution >= 0.6 is 11.8 Å². The topological polar surface area (TPSA) is 96.0 Å². The number of rotatable bonds is 6. The maximum atomic E-state index is 13.4. The predicted octanol–water partition coefficient (Wildman–Crippen LogP) is 4.61. The lowest BCUT2D eigenvalue weighted by atomic mass is 9.91. The summed E-state index contributed by atoms with van der Waals surface area (Å²) in [7, 11) is 0. The van der Waals surface area contributed by atoms with Gasteiger partial charge < -0.3 is 10.6 Å². The van der Waals surface area contributed by atoms with Crippen molar-refractivity contribution in [3.05, 3.63) is 70.6 Å². The Hall–Kier alpha value is -3.30. The van der Waals surface area contributed by atoms with E-state index in [0.29, 0.717) is 22.6 Å². The van der Waals surface area contributed by atoms with Crippen LogP contribution in [0.5, 0.6) is 0 Å². The SMILES string of the molecule is O=C1NC(=O)C(=Cc2ccnc(N[C@H]3CC[C@H](NCc4ccc5cc(F)ccc5c4)CC3)n2)S1. The highest BCUT2D eigenvalue weighted by atomic mass is 32.2. The monoisotopic (exact) mass is 477 g/mol. The zero-order valence-electron chi connectivity index (χ0n) is 18.4. The Morgan fingerprint density at radius 2 is 1.79 bits per heavy atom. The van der Waals surface area contributed by atoms with Crippen LogP contribution in [0, 0.1) is 5.82 Å². The van der Waals surface area contributed by atoms with E-state index in [0.717, 1.165) is 54.8 Å². The van der Waals surface area contributed by atoms with Crippen molar-refractivity contribution in [2.45, 2.75) is 44.3 Å². The highest BCUT2D eigenvalue weighted by Gasteiger charge is 2.25. The molecule has 1 saturated carbocycles. The number of anilines is 1. The second kappa shape index (κ2) is 9.90. The van der Waals surface area contributed by atoms with Gasteiger partial charge in [-0.25, -0.2) is 14.4 Å². The summed E-state index contributed by atoms with van der Waals surface area (Å²) in [5.74, 6) is -0.0887. The first-order valence-electron chi connectivity index (χ1n) is 11.3. The van der Waals surface area contributed by atoms with E-state index in [2.05, 4.69) is 32.0 Å². The molecule has 0 spiro atoms. The zero-order chi connectivity index (χ0) is 23.5. The average molecular weight is 478 g/mol. The van der Waals surface area contributed by atoms with Gasteiger partial charge >= 0.3 is 0 Å². The van der Waals surface area contributed by atoms with Gasteiger partial charge in [-0.05, 0) is 84.1 Å². The lowest BCUT2D eigenvalue weighted by molar-refractivity contribution is -0.115. The van der Waals surface area contributed by atoms with Crippen molar-refractivity contribution in [3.63, 3.8) is 0 Å². The number of halogens is 1. The van der Waals surface area contributed by atoms with E-state index < -0.39 is 5.91 Å². The number of nitrogens with one attached hydrogen (secondary N) is 3. The van der Waals surface area contributed by atoms with Crippen molar-refractivity contribution < 1.29 is 14.0 Å². The molecule has 174 valence electrons. The molecule has 1 aliphatic carbocycles. The maximum absolute atomic E-state index is 13.4. The molecule has 0 bridgehead atoms. The van der Waals surface area contributed by atoms with Gasteiger partial charge in [0.05, 0.1) is 10.6 Å². The highest BCUT2D eigenvalue weighted by molar-refractivity contribution is 8.18. The van der Waals surface area contributed by atoms with Crippen LogP contribution in [0.15, 0.2) is 53.6 Å². The van der Waals surface area contributed by atoms with Gasteiger partial charge in [0, 0.05) is 24.8 Å². The molecule has 2 fully saturated rings. The minimum atomic E-state index is -0.397. The Bertz CT molecular complexity index is 1270. The third kappa shape index (κ3) is 5.43. The summed E-state index contributed by atoms with van der Waals surface area (Å²) in [6, 6.07) is 13.4. The first-order valence-corrected chi connectivity index (χ1v) is 12.1. The standard InChI is InChI=1S/C25H24FN5O2S/c26-18-4-3-16-11-15(1-2-17(16)12-18)14-28-19-5-7-20(8-6-19)29-24-27-10-9-21(30-24)13-22-23(32)31-25(33)34-22/h1-4,9-13,19-20,28H,5-8,14H2,(H,27,29,30)(H,31,32,33)/t19-,20-. The summed E-state index contributed by atoms with van der Waals surface area (Å²) in [5, 5.41) is 10.9. The molecule has 2 aromatic carbocycles. The van der Waals surface area contributed by atoms with Gasteiger partial charge in [0.25, 0.3) is 11.1 Å². The molecule has 3 aromatic rings. The number of hydrogen-bond acceptors (Lipinski definition) is 7. The second-order valence-electron chi connectivity index (χ2n) is 8.56. The lowest BCUT2D eigenvalue weighted by Gasteiger charge is -2.30. The predicted molar refractivity (Wildman–Crippen MR) is 132 cm³/mol. The zero-order valence-corrected chi connectivity index (χ0v) is 19.2. The number of aromatic nitrogens is 2. The smallest absolute Gasteiger partial charge is 0.290 e. The molecule has 1 saturated heterocycles. The number of thioether (sulfide) groups is 1. The van der Waals surface area contributed by atoms with E-state index in [-0.39, 0.29) is 17.1 Å². The molecular formula is C25H24FN5O2S. The van der Waals surface area contributed by atoms with Crippen LogP contribution in [0.3, 0.4) is 0 Å². The number of carbonyl (C=O) groups excluding carboxylic acids is 2. The fraction of sp³-hybridized carbons (Fsp3) is 0.280. The maximum Gasteiger partial charge on any atom is 0.290 e. The van der Waals surface area contributed by atoms with Crippen molar-refractivity contribution in [2.75, 3.05) is 5.32 Å². The molecule has 2 amide bonds. The minimum absolute atomic E-state index is 0.213. The van der Waals surface area contributed by atoms with Gasteiger partial charge in [0.15, 0.2) is 0 Å². The number of carbonyl (C=O) groups is 2. The Morgan fingerprint density at radius 1 is 1.03 bits per heavy atom. The minimum Gasteiger partial charge on any atom is -0.351 e. The third-order valence-corrected chi connectivity index (χ3v) is 6.93. The summed E-state index contributed by atoms with van der Waals surface area (Å²) < 4.78 is 13.4. The molecule has 7 nitrogen and oxygen atoms in total. The number of benzene rings is 2. The van der Waals surface area contributed by atoms with Crippen LogP contribution in [-0.2, 0) is 11.3 Å². The molecule has 5 rings (SSSR count). The van der Waals surface area contributed by atoms with Crippen molar-refractivity contribution in [3.8, 4) is 0 Å². The van der Waals surface area contributed by atoms with Crippen LogP contribution in [0.1, 0.15) is 36.9 Å². The van der Waals surface area contributed by atoms with Crippen molar-refractivity contribution >= 4 is 45.7 Å². The van der Waals surface area contributed by atoms with Gasteiger partial charge in [-0.2, -0.15) is 0 Å². The molecule has 1 aromatic heterocycles. The average Bonchev–Trinajstić information content (AvgIpc) is 3.15. The van der Waals surface area contributed by atoms with Gasteiger partial charge in [-0.15, -0.1) is 0 Å². The molecule has 1 aliphatic heterocycles. The first kappa shape index (κ1) is 22.5. The number of nitrogens with zero attached hydrogens (tertiary/aromatic N) is 2. The van der Waals surface area contributed by atoms with Crippen molar-refractivity contribution in [1.82, 2.24) is 20.6 Å². The van der Waals surface area contributed by atoms with Gasteiger partial charge in [-0.3, -0.25) is 14.9 Å². The number of imide groups is 1. The number of fused-ring (bicyclic) bond motifs is 1. The molecule has 0 unspecified atom stereocenters. The van der Waals surface area contributed by atoms with Crippen molar-refractivity contribution in [1.29, 1.82) is 0 Å². The lowest BCUT2D eigenvalue weighted by Crippen LogP contribution is -2.36. The summed E-state index contributed by atoms with van der Waals surface area (Å²) in [6.45, 7) is 0.782. The van der Waals surface area contributed by atoms with Gasteiger partial charge in [-0.1, -0.05) is 18.2 Å². The molecular weight excluding hydrogens is 453 g/mol. The summed E-state index contributed by atoms with van der Waals surface area (Å²) in [6.07, 6.45) is 7.32. The van der Waals surface area contributed by atoms with Gasteiger partial charge in [0.2, 0.25) is 5.95 Å². The fourth-order valence-electron chi connectivity index (χ4n) is 4.34. The Morgan fingerprint density at radius 3 is 2.59 bits per heavy atom. The summed E-state index contributed by atoms with van der Waals surface area (Å²) in [4.78, 5) is 32.2. The largest absolute Gasteiger partial charge is 0.351 e. The van der Waals surface area contributed by atoms with E-state index in [1.165, 1.54) is 11.6 Å². The van der Waals surface area contributed by atoms with Gasteiger partial charge in [0.1, 0.15) is 5.82 Å². The first-order chi connectivity index (χ1) is 16.5. The fourth-order valence-corrected chi connectivity index (χ4v) is 5.01. The van der Waals surface area contributed by atoms with Crippen LogP contribution in [-0.4, -0.2) is 33.2 Å². The Balaban J connectivity index is 1.12. The quantitative estimate of drug-likeness (QED) is 0.446. The molecule has 3 N–H and O–H groups in total. The molecule has 34 heavy (non-hydrogen) atoms. The normalized spacial score (nSPS) is 21.7. The van der Waals surface area contributed by atoms with E-state index in [4.69, 9.17) is 0 Å². The molecule has 0 radical (unpaired) electrons. The Labute approximate surface area is 200 Å². The van der Waals surface area contributed by atoms with E-state index in [9.17, 15) is 14.0 Å². The van der Waals surface area contributed by atoms with Crippen LogP contribution in [0.25, 0.3) is 16.8 Å². The number of hydrogen-bond donors (Lipinski definition) is 3. The van der Waals surface area contributed by atoms with E-state index in [1.54, 1.807) is 24.4 Å². The molecule has 9 heteroatoms. The Kier molecular flexibility index (Phi) is 6.55. The highest BCUT2D eigenvalue weighted by Crippen LogP contribution is 2.26. The van der Waals surface area contributed by atoms with Crippen LogP contribution in [0.2, 0.25) is 0 Å². The van der Waals surface area contributed by atoms with E-state index in [1.807, 2.05) is 18.2 Å². The van der Waals surface area contributed by atoms with Crippen LogP contribution < -0.4 is 16.0 Å². The second-order valence-corrected chi connectivity index (χ2v) is 9.57. The molecule has 2 aliphatic rings. The van der Waals surface area contributed by atoms with Crippen LogP contribution in [0.4, 0.5) is 15.1 Å². The molecule has 0 atom stereocenters. The summed E-state index contributed by atoms with van der Waals surface area (Å²) in [5.41, 5.74) is 1.77. The third-order valence-electron chi connectivity index (χ3n) is 6.12. The van der Waals surface area contributed by atoms with E-state index >= 15 is 0 Å². The van der Waals surface area contributed by atoms with Crippen molar-refractivity contribution in [2.24, 2.45) is 0 Å². The molecule has 2 heterocycles.